The zero-order valence-electron chi connectivity index (χ0n) is 10.5. The fraction of sp³-hybridized carbons (Fsp3) is 0.571. The number of rotatable bonds is 3. The Bertz CT molecular complexity index is 409. The van der Waals surface area contributed by atoms with Gasteiger partial charge in [-0.1, -0.05) is 13.3 Å². The first kappa shape index (κ1) is 13.1. The summed E-state index contributed by atoms with van der Waals surface area (Å²) < 4.78 is 31.6. The standard InChI is InChI=1S/C14H19F2NO/c1-9-4-2-3-5-12(9)18-13-7-6-10(17)8-11(13)14(15)16/h6-9,12,14H,2-5,17H2,1H3. The molecular weight excluding hydrogens is 236 g/mol. The van der Waals surface area contributed by atoms with E-state index in [1.165, 1.54) is 12.5 Å². The summed E-state index contributed by atoms with van der Waals surface area (Å²) in [7, 11) is 0. The molecule has 1 fully saturated rings. The van der Waals surface area contributed by atoms with Crippen molar-refractivity contribution in [3.05, 3.63) is 23.8 Å². The lowest BCUT2D eigenvalue weighted by atomic mass is 9.88. The Hall–Kier alpha value is -1.32. The smallest absolute Gasteiger partial charge is 0.267 e. The average Bonchev–Trinajstić information content (AvgIpc) is 2.34. The van der Waals surface area contributed by atoms with E-state index in [-0.39, 0.29) is 17.4 Å². The molecule has 1 aliphatic rings. The second kappa shape index (κ2) is 5.55. The second-order valence-electron chi connectivity index (χ2n) is 5.02. The van der Waals surface area contributed by atoms with Crippen LogP contribution in [-0.2, 0) is 0 Å². The minimum Gasteiger partial charge on any atom is -0.490 e. The Balaban J connectivity index is 2.17. The zero-order chi connectivity index (χ0) is 13.1. The highest BCUT2D eigenvalue weighted by Crippen LogP contribution is 2.34. The predicted molar refractivity (Wildman–Crippen MR) is 67.9 cm³/mol. The molecule has 0 spiro atoms. The third-order valence-electron chi connectivity index (χ3n) is 3.58. The van der Waals surface area contributed by atoms with Crippen molar-refractivity contribution in [2.45, 2.75) is 45.1 Å². The van der Waals surface area contributed by atoms with E-state index >= 15 is 0 Å². The van der Waals surface area contributed by atoms with E-state index < -0.39 is 6.43 Å². The third kappa shape index (κ3) is 2.92. The fourth-order valence-corrected chi connectivity index (χ4v) is 2.47. The molecular formula is C14H19F2NO. The minimum absolute atomic E-state index is 0.0416. The van der Waals surface area contributed by atoms with E-state index in [4.69, 9.17) is 10.5 Å². The lowest BCUT2D eigenvalue weighted by molar-refractivity contribution is 0.0913. The van der Waals surface area contributed by atoms with Crippen LogP contribution in [0.3, 0.4) is 0 Å². The molecule has 1 aromatic carbocycles. The first-order valence-electron chi connectivity index (χ1n) is 6.42. The van der Waals surface area contributed by atoms with Crippen LogP contribution in [0.1, 0.15) is 44.6 Å². The number of halogens is 2. The summed E-state index contributed by atoms with van der Waals surface area (Å²) in [6.07, 6.45) is 1.83. The van der Waals surface area contributed by atoms with Gasteiger partial charge in [0.05, 0.1) is 5.56 Å². The van der Waals surface area contributed by atoms with Crippen LogP contribution in [0.25, 0.3) is 0 Å². The molecule has 4 heteroatoms. The first-order valence-corrected chi connectivity index (χ1v) is 6.42. The number of benzene rings is 1. The number of nitrogen functional groups attached to an aromatic ring is 1. The molecule has 1 aromatic rings. The van der Waals surface area contributed by atoms with Gasteiger partial charge in [0.15, 0.2) is 0 Å². The Labute approximate surface area is 106 Å². The first-order chi connectivity index (χ1) is 8.58. The largest absolute Gasteiger partial charge is 0.490 e. The fourth-order valence-electron chi connectivity index (χ4n) is 2.47. The Morgan fingerprint density at radius 2 is 2.00 bits per heavy atom. The number of hydrogen-bond acceptors (Lipinski definition) is 2. The molecule has 1 aliphatic carbocycles. The summed E-state index contributed by atoms with van der Waals surface area (Å²) in [6.45, 7) is 2.11. The molecule has 100 valence electrons. The highest BCUT2D eigenvalue weighted by molar-refractivity contribution is 5.48. The molecule has 0 bridgehead atoms. The van der Waals surface area contributed by atoms with Crippen molar-refractivity contribution in [3.63, 3.8) is 0 Å². The lowest BCUT2D eigenvalue weighted by Gasteiger charge is -2.30. The third-order valence-corrected chi connectivity index (χ3v) is 3.58. The zero-order valence-corrected chi connectivity index (χ0v) is 10.5. The number of hydrogen-bond donors (Lipinski definition) is 1. The van der Waals surface area contributed by atoms with Gasteiger partial charge >= 0.3 is 0 Å². The van der Waals surface area contributed by atoms with Crippen LogP contribution in [0.15, 0.2) is 18.2 Å². The number of alkyl halides is 2. The molecule has 0 heterocycles. The van der Waals surface area contributed by atoms with Crippen molar-refractivity contribution in [2.24, 2.45) is 5.92 Å². The normalized spacial score (nSPS) is 24.2. The average molecular weight is 255 g/mol. The quantitative estimate of drug-likeness (QED) is 0.823. The SMILES string of the molecule is CC1CCCCC1Oc1ccc(N)cc1C(F)F. The van der Waals surface area contributed by atoms with Crippen LogP contribution in [0, 0.1) is 5.92 Å². The molecule has 1 saturated carbocycles. The van der Waals surface area contributed by atoms with E-state index in [1.54, 1.807) is 12.1 Å². The summed E-state index contributed by atoms with van der Waals surface area (Å²) in [4.78, 5) is 0. The van der Waals surface area contributed by atoms with Gasteiger partial charge in [-0.2, -0.15) is 0 Å². The molecule has 18 heavy (non-hydrogen) atoms. The molecule has 0 saturated heterocycles. The van der Waals surface area contributed by atoms with Crippen LogP contribution in [0.4, 0.5) is 14.5 Å². The Kier molecular flexibility index (Phi) is 4.04. The summed E-state index contributed by atoms with van der Waals surface area (Å²) in [5.41, 5.74) is 5.77. The van der Waals surface area contributed by atoms with Crippen LogP contribution in [0.2, 0.25) is 0 Å². The van der Waals surface area contributed by atoms with Crippen molar-refractivity contribution in [1.82, 2.24) is 0 Å². The van der Waals surface area contributed by atoms with Gasteiger partial charge in [0.25, 0.3) is 6.43 Å². The molecule has 0 aliphatic heterocycles. The van der Waals surface area contributed by atoms with Gasteiger partial charge in [-0.05, 0) is 43.4 Å². The molecule has 0 radical (unpaired) electrons. The van der Waals surface area contributed by atoms with Gasteiger partial charge < -0.3 is 10.5 Å². The topological polar surface area (TPSA) is 35.2 Å². The van der Waals surface area contributed by atoms with Gasteiger partial charge in [-0.3, -0.25) is 0 Å². The molecule has 2 atom stereocenters. The minimum atomic E-state index is -2.55. The van der Waals surface area contributed by atoms with Crippen LogP contribution in [0.5, 0.6) is 5.75 Å². The van der Waals surface area contributed by atoms with E-state index in [9.17, 15) is 8.78 Å². The molecule has 2 unspecified atom stereocenters. The Morgan fingerprint density at radius 1 is 1.28 bits per heavy atom. The van der Waals surface area contributed by atoms with Gasteiger partial charge in [0, 0.05) is 5.69 Å². The number of anilines is 1. The maximum absolute atomic E-state index is 12.9. The van der Waals surface area contributed by atoms with Crippen LogP contribution >= 0.6 is 0 Å². The van der Waals surface area contributed by atoms with E-state index in [0.717, 1.165) is 19.3 Å². The summed E-state index contributed by atoms with van der Waals surface area (Å²) >= 11 is 0. The van der Waals surface area contributed by atoms with Crippen LogP contribution < -0.4 is 10.5 Å². The second-order valence-corrected chi connectivity index (χ2v) is 5.02. The van der Waals surface area contributed by atoms with Gasteiger partial charge in [-0.15, -0.1) is 0 Å². The van der Waals surface area contributed by atoms with Gasteiger partial charge in [0.1, 0.15) is 11.9 Å². The van der Waals surface area contributed by atoms with Crippen molar-refractivity contribution < 1.29 is 13.5 Å². The van der Waals surface area contributed by atoms with E-state index in [0.29, 0.717) is 11.6 Å². The molecule has 2 nitrogen and oxygen atoms in total. The monoisotopic (exact) mass is 255 g/mol. The maximum atomic E-state index is 12.9. The van der Waals surface area contributed by atoms with Crippen molar-refractivity contribution >= 4 is 5.69 Å². The molecule has 0 aromatic heterocycles. The number of nitrogens with two attached hydrogens (primary N) is 1. The lowest BCUT2D eigenvalue weighted by Crippen LogP contribution is -2.28. The van der Waals surface area contributed by atoms with Crippen molar-refractivity contribution in [2.75, 3.05) is 5.73 Å². The van der Waals surface area contributed by atoms with Crippen molar-refractivity contribution in [3.8, 4) is 5.75 Å². The van der Waals surface area contributed by atoms with E-state index in [2.05, 4.69) is 6.92 Å². The van der Waals surface area contributed by atoms with E-state index in [1.807, 2.05) is 0 Å². The molecule has 2 rings (SSSR count). The predicted octanol–water partition coefficient (Wildman–Crippen LogP) is 4.16. The molecule has 0 amide bonds. The summed E-state index contributed by atoms with van der Waals surface area (Å²) in [5.74, 6) is 0.694. The summed E-state index contributed by atoms with van der Waals surface area (Å²) in [5, 5.41) is 0. The maximum Gasteiger partial charge on any atom is 0.267 e. The van der Waals surface area contributed by atoms with Gasteiger partial charge in [-0.25, -0.2) is 8.78 Å². The van der Waals surface area contributed by atoms with Gasteiger partial charge in [0.2, 0.25) is 0 Å². The van der Waals surface area contributed by atoms with Crippen LogP contribution in [-0.4, -0.2) is 6.10 Å². The molecule has 2 N–H and O–H groups in total. The highest BCUT2D eigenvalue weighted by atomic mass is 19.3. The highest BCUT2D eigenvalue weighted by Gasteiger charge is 2.25. The van der Waals surface area contributed by atoms with Crippen molar-refractivity contribution in [1.29, 1.82) is 0 Å². The summed E-state index contributed by atoms with van der Waals surface area (Å²) in [6, 6.07) is 4.46. The Morgan fingerprint density at radius 3 is 2.67 bits per heavy atom. The number of ether oxygens (including phenoxy) is 1.